The van der Waals surface area contributed by atoms with Gasteiger partial charge in [-0.15, -0.1) is 0 Å². The summed E-state index contributed by atoms with van der Waals surface area (Å²) in [7, 11) is 1.54. The van der Waals surface area contributed by atoms with Crippen LogP contribution in [-0.4, -0.2) is 18.9 Å². The van der Waals surface area contributed by atoms with E-state index in [0.29, 0.717) is 12.0 Å². The fourth-order valence-corrected chi connectivity index (χ4v) is 1.36. The van der Waals surface area contributed by atoms with Crippen LogP contribution in [0.15, 0.2) is 18.5 Å². The molecule has 0 saturated carbocycles. The second kappa shape index (κ2) is 5.19. The standard InChI is InChI=1S/C11H16FNO2/c1-4-11(2,15-8-14-3)9-5-6-13-7-10(9)12/h5-7H,4,8H2,1-3H3. The van der Waals surface area contributed by atoms with E-state index in [1.165, 1.54) is 6.20 Å². The van der Waals surface area contributed by atoms with E-state index in [9.17, 15) is 4.39 Å². The Morgan fingerprint density at radius 3 is 2.80 bits per heavy atom. The highest BCUT2D eigenvalue weighted by molar-refractivity contribution is 5.20. The van der Waals surface area contributed by atoms with Gasteiger partial charge >= 0.3 is 0 Å². The zero-order chi connectivity index (χ0) is 11.3. The zero-order valence-corrected chi connectivity index (χ0v) is 9.29. The van der Waals surface area contributed by atoms with Crippen LogP contribution in [0.4, 0.5) is 4.39 Å². The molecule has 3 nitrogen and oxygen atoms in total. The van der Waals surface area contributed by atoms with Gasteiger partial charge in [-0.2, -0.15) is 0 Å². The lowest BCUT2D eigenvalue weighted by atomic mass is 9.93. The van der Waals surface area contributed by atoms with Crippen LogP contribution in [0.25, 0.3) is 0 Å². The number of hydrogen-bond acceptors (Lipinski definition) is 3. The normalized spacial score (nSPS) is 14.9. The maximum Gasteiger partial charge on any atom is 0.147 e. The minimum atomic E-state index is -0.664. The maximum atomic E-state index is 13.5. The highest BCUT2D eigenvalue weighted by Gasteiger charge is 2.28. The van der Waals surface area contributed by atoms with E-state index < -0.39 is 5.60 Å². The summed E-state index contributed by atoms with van der Waals surface area (Å²) in [6, 6.07) is 1.63. The number of aromatic nitrogens is 1. The Labute approximate surface area is 89.2 Å². The van der Waals surface area contributed by atoms with Gasteiger partial charge in [-0.1, -0.05) is 6.92 Å². The molecule has 0 aromatic carbocycles. The van der Waals surface area contributed by atoms with Gasteiger partial charge in [0.15, 0.2) is 0 Å². The Balaban J connectivity index is 2.95. The first-order chi connectivity index (χ1) is 7.14. The summed E-state index contributed by atoms with van der Waals surface area (Å²) in [5, 5.41) is 0. The number of halogens is 1. The Morgan fingerprint density at radius 2 is 2.27 bits per heavy atom. The van der Waals surface area contributed by atoms with Crippen molar-refractivity contribution in [3.63, 3.8) is 0 Å². The van der Waals surface area contributed by atoms with Crippen molar-refractivity contribution in [2.45, 2.75) is 25.9 Å². The summed E-state index contributed by atoms with van der Waals surface area (Å²) in [5.74, 6) is -0.349. The molecule has 0 spiro atoms. The Kier molecular flexibility index (Phi) is 4.17. The molecule has 0 bridgehead atoms. The Hall–Kier alpha value is -1.00. The predicted molar refractivity (Wildman–Crippen MR) is 54.8 cm³/mol. The molecule has 1 aromatic rings. The number of nitrogens with zero attached hydrogens (tertiary/aromatic N) is 1. The molecule has 0 fully saturated rings. The van der Waals surface area contributed by atoms with Crippen molar-refractivity contribution in [1.29, 1.82) is 0 Å². The van der Waals surface area contributed by atoms with E-state index in [1.54, 1.807) is 19.4 Å². The lowest BCUT2D eigenvalue weighted by Crippen LogP contribution is -2.27. The van der Waals surface area contributed by atoms with Crippen molar-refractivity contribution in [3.8, 4) is 0 Å². The van der Waals surface area contributed by atoms with Crippen LogP contribution >= 0.6 is 0 Å². The molecule has 0 aliphatic rings. The molecule has 1 unspecified atom stereocenters. The van der Waals surface area contributed by atoms with Crippen LogP contribution in [0, 0.1) is 5.82 Å². The molecule has 15 heavy (non-hydrogen) atoms. The zero-order valence-electron chi connectivity index (χ0n) is 9.29. The number of rotatable bonds is 5. The van der Waals surface area contributed by atoms with Gasteiger partial charge in [0, 0.05) is 18.9 Å². The molecule has 84 valence electrons. The van der Waals surface area contributed by atoms with Gasteiger partial charge in [-0.3, -0.25) is 4.98 Å². The van der Waals surface area contributed by atoms with E-state index in [0.717, 1.165) is 0 Å². The Morgan fingerprint density at radius 1 is 1.53 bits per heavy atom. The van der Waals surface area contributed by atoms with Gasteiger partial charge in [-0.05, 0) is 19.4 Å². The monoisotopic (exact) mass is 213 g/mol. The van der Waals surface area contributed by atoms with Gasteiger partial charge in [-0.25, -0.2) is 4.39 Å². The van der Waals surface area contributed by atoms with Crippen molar-refractivity contribution >= 4 is 0 Å². The lowest BCUT2D eigenvalue weighted by Gasteiger charge is -2.28. The summed E-state index contributed by atoms with van der Waals surface area (Å²) < 4.78 is 23.9. The van der Waals surface area contributed by atoms with Gasteiger partial charge in [0.2, 0.25) is 0 Å². The molecule has 4 heteroatoms. The molecule has 0 saturated heterocycles. The number of methoxy groups -OCH3 is 1. The maximum absolute atomic E-state index is 13.5. The fraction of sp³-hybridized carbons (Fsp3) is 0.545. The van der Waals surface area contributed by atoms with Crippen LogP contribution in [0.2, 0.25) is 0 Å². The average Bonchev–Trinajstić information content (AvgIpc) is 2.26. The first-order valence-corrected chi connectivity index (χ1v) is 4.87. The first-order valence-electron chi connectivity index (χ1n) is 4.87. The van der Waals surface area contributed by atoms with E-state index in [2.05, 4.69) is 4.98 Å². The third-order valence-corrected chi connectivity index (χ3v) is 2.51. The van der Waals surface area contributed by atoms with E-state index in [-0.39, 0.29) is 12.6 Å². The topological polar surface area (TPSA) is 31.4 Å². The number of pyridine rings is 1. The number of hydrogen-bond donors (Lipinski definition) is 0. The fourth-order valence-electron chi connectivity index (χ4n) is 1.36. The molecule has 1 rings (SSSR count). The highest BCUT2D eigenvalue weighted by Crippen LogP contribution is 2.30. The van der Waals surface area contributed by atoms with Crippen molar-refractivity contribution in [2.75, 3.05) is 13.9 Å². The second-order valence-electron chi connectivity index (χ2n) is 3.49. The third-order valence-electron chi connectivity index (χ3n) is 2.51. The van der Waals surface area contributed by atoms with E-state index >= 15 is 0 Å². The number of ether oxygens (including phenoxy) is 2. The SMILES string of the molecule is CCC(C)(OCOC)c1ccncc1F. The lowest BCUT2D eigenvalue weighted by molar-refractivity contribution is -0.130. The van der Waals surface area contributed by atoms with Gasteiger partial charge in [0.25, 0.3) is 0 Å². The van der Waals surface area contributed by atoms with Crippen LogP contribution in [0.1, 0.15) is 25.8 Å². The van der Waals surface area contributed by atoms with Crippen LogP contribution in [-0.2, 0) is 15.1 Å². The third kappa shape index (κ3) is 2.73. The molecular formula is C11H16FNO2. The van der Waals surface area contributed by atoms with Crippen molar-refractivity contribution < 1.29 is 13.9 Å². The van der Waals surface area contributed by atoms with Gasteiger partial charge < -0.3 is 9.47 Å². The summed E-state index contributed by atoms with van der Waals surface area (Å²) in [6.45, 7) is 3.92. The van der Waals surface area contributed by atoms with Gasteiger partial charge in [0.05, 0.1) is 11.8 Å². The van der Waals surface area contributed by atoms with E-state index in [4.69, 9.17) is 9.47 Å². The summed E-state index contributed by atoms with van der Waals surface area (Å²) in [4.78, 5) is 3.71. The van der Waals surface area contributed by atoms with E-state index in [1.807, 2.05) is 13.8 Å². The molecule has 0 aliphatic heterocycles. The van der Waals surface area contributed by atoms with Crippen LogP contribution in [0.5, 0.6) is 0 Å². The molecule has 1 heterocycles. The molecule has 0 N–H and O–H groups in total. The smallest absolute Gasteiger partial charge is 0.147 e. The largest absolute Gasteiger partial charge is 0.359 e. The molecule has 0 amide bonds. The van der Waals surface area contributed by atoms with Gasteiger partial charge in [0.1, 0.15) is 12.6 Å². The predicted octanol–water partition coefficient (Wildman–Crippen LogP) is 2.47. The highest BCUT2D eigenvalue weighted by atomic mass is 19.1. The van der Waals surface area contributed by atoms with Crippen LogP contribution < -0.4 is 0 Å². The average molecular weight is 213 g/mol. The quantitative estimate of drug-likeness (QED) is 0.704. The van der Waals surface area contributed by atoms with Crippen LogP contribution in [0.3, 0.4) is 0 Å². The first kappa shape index (κ1) is 12.1. The molecular weight excluding hydrogens is 197 g/mol. The van der Waals surface area contributed by atoms with Crippen molar-refractivity contribution in [3.05, 3.63) is 29.8 Å². The second-order valence-corrected chi connectivity index (χ2v) is 3.49. The Bertz CT molecular complexity index is 319. The van der Waals surface area contributed by atoms with Crippen molar-refractivity contribution in [2.24, 2.45) is 0 Å². The molecule has 1 aromatic heterocycles. The summed E-state index contributed by atoms with van der Waals surface area (Å²) in [6.07, 6.45) is 3.42. The summed E-state index contributed by atoms with van der Waals surface area (Å²) >= 11 is 0. The minimum Gasteiger partial charge on any atom is -0.359 e. The minimum absolute atomic E-state index is 0.145. The molecule has 0 radical (unpaired) electrons. The molecule has 1 atom stereocenters. The summed E-state index contributed by atoms with van der Waals surface area (Å²) in [5.41, 5.74) is -0.152. The van der Waals surface area contributed by atoms with Crippen molar-refractivity contribution in [1.82, 2.24) is 4.98 Å². The molecule has 0 aliphatic carbocycles.